The SMILES string of the molecule is O=C(Nc1cccnc1)c1ccc(F)c(B(O)O)c1. The average molecular weight is 260 g/mol. The number of amides is 1. The van der Waals surface area contributed by atoms with Crippen LogP contribution in [0.2, 0.25) is 0 Å². The number of nitrogens with zero attached hydrogens (tertiary/aromatic N) is 1. The maximum atomic E-state index is 13.2. The number of carbonyl (C=O) groups is 1. The number of hydrogen-bond donors (Lipinski definition) is 3. The van der Waals surface area contributed by atoms with E-state index in [2.05, 4.69) is 10.3 Å². The smallest absolute Gasteiger partial charge is 0.423 e. The Hall–Kier alpha value is -2.25. The lowest BCUT2D eigenvalue weighted by molar-refractivity contribution is 0.102. The van der Waals surface area contributed by atoms with Crippen molar-refractivity contribution < 1.29 is 19.2 Å². The van der Waals surface area contributed by atoms with Crippen LogP contribution < -0.4 is 10.8 Å². The monoisotopic (exact) mass is 260 g/mol. The minimum absolute atomic E-state index is 0.119. The third-order valence-corrected chi connectivity index (χ3v) is 2.46. The summed E-state index contributed by atoms with van der Waals surface area (Å²) in [5.41, 5.74) is 0.259. The Morgan fingerprint density at radius 2 is 2.11 bits per heavy atom. The third-order valence-electron chi connectivity index (χ3n) is 2.46. The van der Waals surface area contributed by atoms with Crippen LogP contribution in [-0.2, 0) is 0 Å². The number of rotatable bonds is 3. The number of anilines is 1. The third kappa shape index (κ3) is 3.15. The molecule has 96 valence electrons. The second kappa shape index (κ2) is 5.60. The summed E-state index contributed by atoms with van der Waals surface area (Å²) in [5, 5.41) is 20.5. The zero-order valence-electron chi connectivity index (χ0n) is 9.75. The topological polar surface area (TPSA) is 82.5 Å². The second-order valence-electron chi connectivity index (χ2n) is 3.81. The van der Waals surface area contributed by atoms with Gasteiger partial charge in [-0.15, -0.1) is 0 Å². The predicted octanol–water partition coefficient (Wildman–Crippen LogP) is 0.153. The van der Waals surface area contributed by atoms with Crippen molar-refractivity contribution in [2.75, 3.05) is 5.32 Å². The summed E-state index contributed by atoms with van der Waals surface area (Å²) < 4.78 is 13.2. The van der Waals surface area contributed by atoms with E-state index in [1.165, 1.54) is 12.3 Å². The molecule has 0 fully saturated rings. The van der Waals surface area contributed by atoms with E-state index in [0.717, 1.165) is 12.1 Å². The molecule has 1 aromatic carbocycles. The molecule has 5 nitrogen and oxygen atoms in total. The molecule has 2 aromatic rings. The molecule has 7 heteroatoms. The van der Waals surface area contributed by atoms with Gasteiger partial charge < -0.3 is 15.4 Å². The van der Waals surface area contributed by atoms with E-state index in [1.54, 1.807) is 18.3 Å². The van der Waals surface area contributed by atoms with E-state index >= 15 is 0 Å². The lowest BCUT2D eigenvalue weighted by atomic mass is 9.79. The fraction of sp³-hybridized carbons (Fsp3) is 0. The van der Waals surface area contributed by atoms with Gasteiger partial charge in [0.05, 0.1) is 11.9 Å². The van der Waals surface area contributed by atoms with Crippen molar-refractivity contribution in [2.45, 2.75) is 0 Å². The Morgan fingerprint density at radius 1 is 1.32 bits per heavy atom. The largest absolute Gasteiger partial charge is 0.491 e. The van der Waals surface area contributed by atoms with Gasteiger partial charge in [0, 0.05) is 17.2 Å². The molecule has 19 heavy (non-hydrogen) atoms. The summed E-state index contributed by atoms with van der Waals surface area (Å²) in [6, 6.07) is 6.66. The highest BCUT2D eigenvalue weighted by Gasteiger charge is 2.18. The van der Waals surface area contributed by atoms with Gasteiger partial charge in [0.15, 0.2) is 0 Å². The van der Waals surface area contributed by atoms with Gasteiger partial charge >= 0.3 is 7.12 Å². The number of hydrogen-bond acceptors (Lipinski definition) is 4. The fourth-order valence-electron chi connectivity index (χ4n) is 1.52. The van der Waals surface area contributed by atoms with Crippen LogP contribution in [0.1, 0.15) is 10.4 Å². The maximum absolute atomic E-state index is 13.2. The van der Waals surface area contributed by atoms with E-state index in [-0.39, 0.29) is 11.0 Å². The molecule has 0 aliphatic rings. The van der Waals surface area contributed by atoms with Crippen molar-refractivity contribution in [3.8, 4) is 0 Å². The van der Waals surface area contributed by atoms with Crippen LogP contribution in [0, 0.1) is 5.82 Å². The van der Waals surface area contributed by atoms with Crippen molar-refractivity contribution in [2.24, 2.45) is 0 Å². The first kappa shape index (κ1) is 13.2. The van der Waals surface area contributed by atoms with E-state index in [4.69, 9.17) is 10.0 Å². The van der Waals surface area contributed by atoms with Crippen LogP contribution in [0.4, 0.5) is 10.1 Å². The Labute approximate surface area is 108 Å². The van der Waals surface area contributed by atoms with Gasteiger partial charge in [0.2, 0.25) is 0 Å². The molecule has 0 atom stereocenters. The lowest BCUT2D eigenvalue weighted by Crippen LogP contribution is -2.33. The quantitative estimate of drug-likeness (QED) is 0.686. The van der Waals surface area contributed by atoms with Gasteiger partial charge in [-0.2, -0.15) is 0 Å². The molecule has 0 bridgehead atoms. The van der Waals surface area contributed by atoms with Crippen LogP contribution in [0.3, 0.4) is 0 Å². The Balaban J connectivity index is 2.22. The minimum atomic E-state index is -1.97. The van der Waals surface area contributed by atoms with E-state index in [1.807, 2.05) is 0 Å². The molecule has 1 heterocycles. The zero-order chi connectivity index (χ0) is 13.8. The van der Waals surface area contributed by atoms with Gasteiger partial charge in [-0.3, -0.25) is 9.78 Å². The Bertz CT molecular complexity index is 593. The van der Waals surface area contributed by atoms with E-state index in [9.17, 15) is 9.18 Å². The summed E-state index contributed by atoms with van der Waals surface area (Å²) >= 11 is 0. The molecule has 0 radical (unpaired) electrons. The molecule has 1 amide bonds. The molecule has 0 saturated carbocycles. The number of nitrogens with one attached hydrogen (secondary N) is 1. The van der Waals surface area contributed by atoms with Crippen molar-refractivity contribution in [1.29, 1.82) is 0 Å². The lowest BCUT2D eigenvalue weighted by Gasteiger charge is -2.07. The molecular formula is C12H10BFN2O3. The summed E-state index contributed by atoms with van der Waals surface area (Å²) in [7, 11) is -1.97. The van der Waals surface area contributed by atoms with Crippen molar-refractivity contribution in [1.82, 2.24) is 4.98 Å². The first-order valence-electron chi connectivity index (χ1n) is 5.45. The molecule has 3 N–H and O–H groups in total. The van der Waals surface area contributed by atoms with Gasteiger partial charge in [-0.05, 0) is 30.3 Å². The van der Waals surface area contributed by atoms with E-state index < -0.39 is 18.8 Å². The Kier molecular flexibility index (Phi) is 3.89. The summed E-state index contributed by atoms with van der Waals surface area (Å²) in [5.74, 6) is -1.28. The van der Waals surface area contributed by atoms with Crippen molar-refractivity contribution in [3.05, 3.63) is 54.1 Å². The molecule has 0 spiro atoms. The fourth-order valence-corrected chi connectivity index (χ4v) is 1.52. The molecule has 2 rings (SSSR count). The van der Waals surface area contributed by atoms with Crippen LogP contribution >= 0.6 is 0 Å². The predicted molar refractivity (Wildman–Crippen MR) is 68.4 cm³/mol. The highest BCUT2D eigenvalue weighted by Crippen LogP contribution is 2.07. The van der Waals surface area contributed by atoms with E-state index in [0.29, 0.717) is 5.69 Å². The Morgan fingerprint density at radius 3 is 2.74 bits per heavy atom. The minimum Gasteiger partial charge on any atom is -0.423 e. The summed E-state index contributed by atoms with van der Waals surface area (Å²) in [4.78, 5) is 15.7. The van der Waals surface area contributed by atoms with Gasteiger partial charge in [-0.1, -0.05) is 0 Å². The second-order valence-corrected chi connectivity index (χ2v) is 3.81. The molecule has 0 aliphatic carbocycles. The standard InChI is InChI=1S/C12H10BFN2O3/c14-11-4-3-8(6-10(11)13(18)19)12(17)16-9-2-1-5-15-7-9/h1-7,18-19H,(H,16,17). The highest BCUT2D eigenvalue weighted by molar-refractivity contribution is 6.58. The van der Waals surface area contributed by atoms with Crippen molar-refractivity contribution in [3.63, 3.8) is 0 Å². The normalized spacial score (nSPS) is 10.1. The molecule has 0 saturated heterocycles. The number of carbonyl (C=O) groups excluding carboxylic acids is 1. The van der Waals surface area contributed by atoms with Crippen LogP contribution in [-0.4, -0.2) is 28.1 Å². The zero-order valence-corrected chi connectivity index (χ0v) is 9.75. The number of benzene rings is 1. The number of halogens is 1. The van der Waals surface area contributed by atoms with Crippen molar-refractivity contribution >= 4 is 24.2 Å². The molecule has 0 unspecified atom stereocenters. The highest BCUT2D eigenvalue weighted by atomic mass is 19.1. The van der Waals surface area contributed by atoms with Gasteiger partial charge in [-0.25, -0.2) is 4.39 Å². The van der Waals surface area contributed by atoms with Crippen LogP contribution in [0.25, 0.3) is 0 Å². The first-order chi connectivity index (χ1) is 9.08. The first-order valence-corrected chi connectivity index (χ1v) is 5.45. The molecule has 1 aromatic heterocycles. The summed E-state index contributed by atoms with van der Waals surface area (Å²) in [6.07, 6.45) is 3.02. The molecular weight excluding hydrogens is 250 g/mol. The van der Waals surface area contributed by atoms with Crippen LogP contribution in [0.15, 0.2) is 42.7 Å². The number of pyridine rings is 1. The van der Waals surface area contributed by atoms with Gasteiger partial charge in [0.1, 0.15) is 5.82 Å². The average Bonchev–Trinajstić information content (AvgIpc) is 2.40. The van der Waals surface area contributed by atoms with Gasteiger partial charge in [0.25, 0.3) is 5.91 Å². The maximum Gasteiger partial charge on any atom is 0.491 e. The molecule has 0 aliphatic heterocycles. The van der Waals surface area contributed by atoms with Crippen LogP contribution in [0.5, 0.6) is 0 Å². The number of aromatic nitrogens is 1. The summed E-state index contributed by atoms with van der Waals surface area (Å²) in [6.45, 7) is 0.